The zero-order valence-electron chi connectivity index (χ0n) is 8.42. The van der Waals surface area contributed by atoms with Crippen LogP contribution in [0.15, 0.2) is 34.4 Å². The Balaban J connectivity index is 2.58. The number of pyridine rings is 1. The lowest BCUT2D eigenvalue weighted by Gasteiger charge is -1.97. The lowest BCUT2D eigenvalue weighted by Crippen LogP contribution is -2.20. The largest absolute Gasteiger partial charge is 0.468 e. The summed E-state index contributed by atoms with van der Waals surface area (Å²) < 4.78 is 4.62. The summed E-state index contributed by atoms with van der Waals surface area (Å²) in [7, 11) is 1.41. The number of ether oxygens (including phenoxy) is 1. The van der Waals surface area contributed by atoms with Crippen molar-refractivity contribution in [3.05, 3.63) is 30.1 Å². The maximum absolute atomic E-state index is 5.47. The van der Waals surface area contributed by atoms with Crippen molar-refractivity contribution in [1.82, 2.24) is 4.98 Å². The lowest BCUT2D eigenvalue weighted by atomic mass is 10.3. The van der Waals surface area contributed by atoms with Crippen molar-refractivity contribution >= 4 is 12.0 Å². The molecular formula is C9H13N5O. The minimum Gasteiger partial charge on any atom is -0.468 e. The molecule has 1 aromatic heterocycles. The molecule has 1 aromatic rings. The van der Waals surface area contributed by atoms with Crippen LogP contribution in [0.2, 0.25) is 0 Å². The number of aromatic nitrogens is 1. The smallest absolute Gasteiger partial charge is 0.289 e. The Morgan fingerprint density at radius 1 is 1.47 bits per heavy atom. The van der Waals surface area contributed by atoms with Crippen LogP contribution in [-0.2, 0) is 11.3 Å². The van der Waals surface area contributed by atoms with Crippen molar-refractivity contribution in [3.63, 3.8) is 0 Å². The van der Waals surface area contributed by atoms with Gasteiger partial charge in [-0.15, -0.1) is 0 Å². The van der Waals surface area contributed by atoms with Gasteiger partial charge < -0.3 is 16.2 Å². The summed E-state index contributed by atoms with van der Waals surface area (Å²) in [5.41, 5.74) is 11.6. The van der Waals surface area contributed by atoms with Gasteiger partial charge in [0.05, 0.1) is 19.3 Å². The van der Waals surface area contributed by atoms with Gasteiger partial charge in [0.15, 0.2) is 0 Å². The van der Waals surface area contributed by atoms with Gasteiger partial charge in [0.2, 0.25) is 5.96 Å². The number of aliphatic imine (C=N–C) groups is 2. The number of methoxy groups -OCH3 is 1. The summed E-state index contributed by atoms with van der Waals surface area (Å²) in [6, 6.07) is 5.54. The molecule has 6 nitrogen and oxygen atoms in total. The molecule has 80 valence electrons. The molecule has 0 radical (unpaired) electrons. The van der Waals surface area contributed by atoms with E-state index in [0.29, 0.717) is 6.54 Å². The molecule has 1 rings (SSSR count). The maximum atomic E-state index is 5.47. The van der Waals surface area contributed by atoms with E-state index in [1.807, 2.05) is 18.2 Å². The topological polar surface area (TPSA) is 98.9 Å². The zero-order chi connectivity index (χ0) is 11.1. The van der Waals surface area contributed by atoms with Crippen LogP contribution in [0.5, 0.6) is 0 Å². The van der Waals surface area contributed by atoms with Crippen LogP contribution in [-0.4, -0.2) is 24.1 Å². The average molecular weight is 207 g/mol. The number of guanidine groups is 1. The van der Waals surface area contributed by atoms with Crippen molar-refractivity contribution in [2.75, 3.05) is 7.11 Å². The van der Waals surface area contributed by atoms with E-state index in [1.54, 1.807) is 6.20 Å². The number of hydrogen-bond donors (Lipinski definition) is 2. The van der Waals surface area contributed by atoms with Gasteiger partial charge in [-0.3, -0.25) is 4.98 Å². The summed E-state index contributed by atoms with van der Waals surface area (Å²) in [4.78, 5) is 11.7. The van der Waals surface area contributed by atoms with Gasteiger partial charge in [-0.05, 0) is 12.1 Å². The second-order valence-electron chi connectivity index (χ2n) is 2.65. The SMILES string of the molecule is CO/C(N)=N/C(N)=NCc1ccccn1. The van der Waals surface area contributed by atoms with E-state index in [1.165, 1.54) is 7.11 Å². The second kappa shape index (κ2) is 5.58. The molecule has 0 fully saturated rings. The standard InChI is InChI=1S/C9H13N5O/c1-15-9(11)14-8(10)13-6-7-4-2-3-5-12-7/h2-5H,6H2,1H3,(H4,10,11,13,14). The van der Waals surface area contributed by atoms with E-state index < -0.39 is 0 Å². The molecule has 0 aliphatic rings. The third-order valence-corrected chi connectivity index (χ3v) is 1.56. The summed E-state index contributed by atoms with van der Waals surface area (Å²) in [6.45, 7) is 0.368. The zero-order valence-corrected chi connectivity index (χ0v) is 8.42. The Bertz CT molecular complexity index is 360. The van der Waals surface area contributed by atoms with Crippen LogP contribution in [0.4, 0.5) is 0 Å². The summed E-state index contributed by atoms with van der Waals surface area (Å²) in [6.07, 6.45) is 1.69. The molecule has 0 unspecified atom stereocenters. The van der Waals surface area contributed by atoms with Gasteiger partial charge in [-0.25, -0.2) is 4.99 Å². The van der Waals surface area contributed by atoms with Gasteiger partial charge in [-0.2, -0.15) is 4.99 Å². The van der Waals surface area contributed by atoms with Crippen molar-refractivity contribution < 1.29 is 4.74 Å². The third kappa shape index (κ3) is 4.08. The maximum Gasteiger partial charge on any atom is 0.289 e. The first-order chi connectivity index (χ1) is 7.22. The normalized spacial score (nSPS) is 12.6. The number of nitrogens with zero attached hydrogens (tertiary/aromatic N) is 3. The second-order valence-corrected chi connectivity index (χ2v) is 2.65. The molecule has 0 saturated carbocycles. The lowest BCUT2D eigenvalue weighted by molar-refractivity contribution is 0.397. The molecule has 0 aliphatic heterocycles. The molecule has 4 N–H and O–H groups in total. The van der Waals surface area contributed by atoms with E-state index in [-0.39, 0.29) is 12.0 Å². The van der Waals surface area contributed by atoms with E-state index in [0.717, 1.165) is 5.69 Å². The number of rotatable bonds is 2. The van der Waals surface area contributed by atoms with Crippen molar-refractivity contribution in [2.24, 2.45) is 21.5 Å². The predicted molar refractivity (Wildman–Crippen MR) is 58.2 cm³/mol. The van der Waals surface area contributed by atoms with E-state index >= 15 is 0 Å². The van der Waals surface area contributed by atoms with Gasteiger partial charge in [0.25, 0.3) is 6.02 Å². The Morgan fingerprint density at radius 2 is 2.27 bits per heavy atom. The van der Waals surface area contributed by atoms with Gasteiger partial charge in [0, 0.05) is 6.20 Å². The highest BCUT2D eigenvalue weighted by molar-refractivity contribution is 5.90. The van der Waals surface area contributed by atoms with Crippen LogP contribution in [0.3, 0.4) is 0 Å². The molecule has 0 aliphatic carbocycles. The first-order valence-electron chi connectivity index (χ1n) is 4.30. The van der Waals surface area contributed by atoms with E-state index in [2.05, 4.69) is 19.7 Å². The predicted octanol–water partition coefficient (Wildman–Crippen LogP) is -0.143. The van der Waals surface area contributed by atoms with Crippen molar-refractivity contribution in [2.45, 2.75) is 6.54 Å². The van der Waals surface area contributed by atoms with Crippen LogP contribution in [0, 0.1) is 0 Å². The van der Waals surface area contributed by atoms with E-state index in [9.17, 15) is 0 Å². The van der Waals surface area contributed by atoms with Crippen molar-refractivity contribution in [3.8, 4) is 0 Å². The van der Waals surface area contributed by atoms with Crippen LogP contribution in [0.25, 0.3) is 0 Å². The monoisotopic (exact) mass is 207 g/mol. The molecule has 0 spiro atoms. The van der Waals surface area contributed by atoms with Crippen LogP contribution < -0.4 is 11.5 Å². The fraction of sp³-hybridized carbons (Fsp3) is 0.222. The average Bonchev–Trinajstić information content (AvgIpc) is 2.27. The third-order valence-electron chi connectivity index (χ3n) is 1.56. The molecule has 0 bridgehead atoms. The highest BCUT2D eigenvalue weighted by Crippen LogP contribution is 1.95. The quantitative estimate of drug-likeness (QED) is 0.520. The molecular weight excluding hydrogens is 194 g/mol. The Morgan fingerprint density at radius 3 is 2.87 bits per heavy atom. The fourth-order valence-electron chi connectivity index (χ4n) is 0.848. The first kappa shape index (κ1) is 11.0. The summed E-state index contributed by atoms with van der Waals surface area (Å²) in [5.74, 6) is 0.0694. The number of hydrogen-bond acceptors (Lipinski definition) is 3. The summed E-state index contributed by atoms with van der Waals surface area (Å²) in [5, 5.41) is 0. The molecule has 0 aromatic carbocycles. The molecule has 0 saturated heterocycles. The molecule has 0 atom stereocenters. The highest BCUT2D eigenvalue weighted by Gasteiger charge is 1.93. The summed E-state index contributed by atoms with van der Waals surface area (Å²) >= 11 is 0. The van der Waals surface area contributed by atoms with Crippen LogP contribution >= 0.6 is 0 Å². The van der Waals surface area contributed by atoms with Crippen molar-refractivity contribution in [1.29, 1.82) is 0 Å². The molecule has 6 heteroatoms. The molecule has 0 amide bonds. The molecule has 1 heterocycles. The number of amidine groups is 1. The first-order valence-corrected chi connectivity index (χ1v) is 4.30. The minimum absolute atomic E-state index is 0.0164. The van der Waals surface area contributed by atoms with Gasteiger partial charge >= 0.3 is 0 Å². The number of nitrogens with two attached hydrogens (primary N) is 2. The van der Waals surface area contributed by atoms with Gasteiger partial charge in [0.1, 0.15) is 0 Å². The highest BCUT2D eigenvalue weighted by atomic mass is 16.5. The van der Waals surface area contributed by atoms with E-state index in [4.69, 9.17) is 11.5 Å². The van der Waals surface area contributed by atoms with Crippen LogP contribution in [0.1, 0.15) is 5.69 Å². The Labute approximate surface area is 87.7 Å². The Hall–Kier alpha value is -2.11. The Kier molecular flexibility index (Phi) is 4.08. The fourth-order valence-corrected chi connectivity index (χ4v) is 0.848. The molecule has 15 heavy (non-hydrogen) atoms. The van der Waals surface area contributed by atoms with Gasteiger partial charge in [-0.1, -0.05) is 6.07 Å². The minimum atomic E-state index is -0.0164.